The molecule has 5 heteroatoms. The minimum atomic E-state index is 0.649. The van der Waals surface area contributed by atoms with E-state index in [9.17, 15) is 0 Å². The van der Waals surface area contributed by atoms with Gasteiger partial charge < -0.3 is 0 Å². The summed E-state index contributed by atoms with van der Waals surface area (Å²) < 4.78 is 4.89. The summed E-state index contributed by atoms with van der Waals surface area (Å²) in [4.78, 5) is 15.5. The topological polar surface area (TPSA) is 38.7 Å². The normalized spacial score (nSPS) is 11.5. The van der Waals surface area contributed by atoms with Crippen LogP contribution in [0, 0.1) is 0 Å². The molecule has 3 nitrogen and oxygen atoms in total. The summed E-state index contributed by atoms with van der Waals surface area (Å²) in [7, 11) is 0. The van der Waals surface area contributed by atoms with Gasteiger partial charge in [0.15, 0.2) is 17.5 Å². The third kappa shape index (κ3) is 6.47. The Morgan fingerprint density at radius 1 is 0.242 bits per heavy atom. The predicted octanol–water partition coefficient (Wildman–Crippen LogP) is 16.3. The van der Waals surface area contributed by atoms with Crippen molar-refractivity contribution >= 4 is 63.0 Å². The van der Waals surface area contributed by atoms with Crippen LogP contribution in [0.15, 0.2) is 212 Å². The van der Waals surface area contributed by atoms with Crippen LogP contribution in [0.3, 0.4) is 0 Å². The number of hydrogen-bond acceptors (Lipinski definition) is 5. The summed E-state index contributed by atoms with van der Waals surface area (Å²) in [5.41, 5.74) is 12.6. The first kappa shape index (κ1) is 36.3. The lowest BCUT2D eigenvalue weighted by atomic mass is 9.94. The van der Waals surface area contributed by atoms with Crippen LogP contribution in [0.1, 0.15) is 0 Å². The van der Waals surface area contributed by atoms with Crippen molar-refractivity contribution in [3.63, 3.8) is 0 Å². The van der Waals surface area contributed by atoms with Crippen molar-refractivity contribution in [2.75, 3.05) is 0 Å². The molecule has 0 fully saturated rings. The van der Waals surface area contributed by atoms with Gasteiger partial charge in [-0.1, -0.05) is 176 Å². The summed E-state index contributed by atoms with van der Waals surface area (Å²) in [6.07, 6.45) is 0. The van der Waals surface area contributed by atoms with E-state index in [0.717, 1.165) is 16.7 Å². The van der Waals surface area contributed by atoms with Gasteiger partial charge in [-0.05, 0) is 80.9 Å². The van der Waals surface area contributed by atoms with E-state index in [1.807, 2.05) is 40.9 Å². The van der Waals surface area contributed by atoms with Crippen molar-refractivity contribution in [2.24, 2.45) is 0 Å². The van der Waals surface area contributed by atoms with Gasteiger partial charge in [0.1, 0.15) is 0 Å². The minimum Gasteiger partial charge on any atom is -0.208 e. The third-order valence-corrected chi connectivity index (χ3v) is 13.9. The Hall–Kier alpha value is -7.57. The van der Waals surface area contributed by atoms with Crippen molar-refractivity contribution in [3.05, 3.63) is 212 Å². The first-order valence-corrected chi connectivity index (χ1v) is 22.4. The molecule has 0 amide bonds. The molecule has 0 saturated heterocycles. The Morgan fingerprint density at radius 2 is 0.565 bits per heavy atom. The van der Waals surface area contributed by atoms with Crippen molar-refractivity contribution in [2.45, 2.75) is 0 Å². The Labute approximate surface area is 366 Å². The highest BCUT2D eigenvalue weighted by molar-refractivity contribution is 7.26. The molecule has 0 unspecified atom stereocenters. The average molecular weight is 826 g/mol. The van der Waals surface area contributed by atoms with Crippen LogP contribution in [0.25, 0.3) is 119 Å². The van der Waals surface area contributed by atoms with Gasteiger partial charge in [0.05, 0.1) is 0 Å². The third-order valence-electron chi connectivity index (χ3n) is 11.7. The smallest absolute Gasteiger partial charge is 0.164 e. The SMILES string of the molecule is c1ccc(-c2cc(-c3ccccc3)c3c(c2)sc2cc(-c4nc(-c5ccccc5)nc(-c5ccc6c(c5)sc5cc(-c7ccccc7)cc(-c7ccccc7)c56)n4)ccc23)cc1. The zero-order valence-corrected chi connectivity index (χ0v) is 35.0. The Kier molecular flexibility index (Phi) is 8.87. The largest absolute Gasteiger partial charge is 0.208 e. The van der Waals surface area contributed by atoms with Crippen LogP contribution >= 0.6 is 22.7 Å². The van der Waals surface area contributed by atoms with Crippen LogP contribution in [0.4, 0.5) is 0 Å². The molecule has 0 bridgehead atoms. The summed E-state index contributed by atoms with van der Waals surface area (Å²) in [6, 6.07) is 75.7. The molecule has 62 heavy (non-hydrogen) atoms. The first-order chi connectivity index (χ1) is 30.7. The maximum atomic E-state index is 5.25. The number of thiophene rings is 2. The standard InChI is InChI=1S/C57H35N3S2/c1-6-16-36(17-7-1)43-30-47(38-20-10-3-11-21-38)53-45-28-26-41(32-49(45)61-51(53)34-43)56-58-55(40-24-14-5-15-25-40)59-57(60-56)42-27-29-46-50(33-42)62-52-35-44(37-18-8-2-9-19-37)31-48(54(46)52)39-22-12-4-13-23-39/h1-35H. The molecule has 0 saturated carbocycles. The van der Waals surface area contributed by atoms with Gasteiger partial charge in [0.25, 0.3) is 0 Å². The van der Waals surface area contributed by atoms with Crippen molar-refractivity contribution in [1.29, 1.82) is 0 Å². The van der Waals surface area contributed by atoms with Gasteiger partial charge >= 0.3 is 0 Å². The van der Waals surface area contributed by atoms with Gasteiger partial charge in [-0.2, -0.15) is 0 Å². The highest BCUT2D eigenvalue weighted by atomic mass is 32.1. The number of aromatic nitrogens is 3. The van der Waals surface area contributed by atoms with Crippen LogP contribution in [-0.4, -0.2) is 15.0 Å². The van der Waals surface area contributed by atoms with Gasteiger partial charge in [-0.15, -0.1) is 22.7 Å². The van der Waals surface area contributed by atoms with Crippen LogP contribution in [0.2, 0.25) is 0 Å². The lowest BCUT2D eigenvalue weighted by molar-refractivity contribution is 1.08. The van der Waals surface area contributed by atoms with Crippen LogP contribution in [0.5, 0.6) is 0 Å². The van der Waals surface area contributed by atoms with E-state index in [4.69, 9.17) is 15.0 Å². The molecule has 3 aromatic heterocycles. The second kappa shape index (κ2) is 15.2. The van der Waals surface area contributed by atoms with E-state index in [0.29, 0.717) is 17.5 Å². The van der Waals surface area contributed by atoms with E-state index >= 15 is 0 Å². The first-order valence-electron chi connectivity index (χ1n) is 20.7. The van der Waals surface area contributed by atoms with Gasteiger partial charge in [-0.3, -0.25) is 0 Å². The number of rotatable bonds is 7. The van der Waals surface area contributed by atoms with E-state index in [-0.39, 0.29) is 0 Å². The van der Waals surface area contributed by atoms with Crippen molar-refractivity contribution in [3.8, 4) is 78.7 Å². The maximum Gasteiger partial charge on any atom is 0.164 e. The molecule has 0 N–H and O–H groups in total. The molecule has 290 valence electrons. The summed E-state index contributed by atoms with van der Waals surface area (Å²) in [6.45, 7) is 0. The second-order valence-corrected chi connectivity index (χ2v) is 17.7. The quantitative estimate of drug-likeness (QED) is 0.161. The highest BCUT2D eigenvalue weighted by Gasteiger charge is 2.19. The zero-order chi connectivity index (χ0) is 41.0. The van der Waals surface area contributed by atoms with E-state index < -0.39 is 0 Å². The minimum absolute atomic E-state index is 0.649. The molecule has 0 radical (unpaired) electrons. The van der Waals surface area contributed by atoms with E-state index in [1.165, 1.54) is 84.9 Å². The van der Waals surface area contributed by atoms with Crippen molar-refractivity contribution < 1.29 is 0 Å². The molecule has 9 aromatic carbocycles. The monoisotopic (exact) mass is 825 g/mol. The van der Waals surface area contributed by atoms with E-state index in [1.54, 1.807) is 0 Å². The number of benzene rings is 9. The Morgan fingerprint density at radius 3 is 0.952 bits per heavy atom. The fourth-order valence-corrected chi connectivity index (χ4v) is 11.1. The number of fused-ring (bicyclic) bond motifs is 6. The fourth-order valence-electron chi connectivity index (χ4n) is 8.73. The summed E-state index contributed by atoms with van der Waals surface area (Å²) in [5.74, 6) is 1.95. The summed E-state index contributed by atoms with van der Waals surface area (Å²) >= 11 is 3.64. The van der Waals surface area contributed by atoms with E-state index in [2.05, 4.69) is 194 Å². The molecule has 12 aromatic rings. The highest BCUT2D eigenvalue weighted by Crippen LogP contribution is 2.46. The predicted molar refractivity (Wildman–Crippen MR) is 264 cm³/mol. The summed E-state index contributed by atoms with van der Waals surface area (Å²) in [5, 5.41) is 4.99. The molecule has 0 atom stereocenters. The average Bonchev–Trinajstić information content (AvgIpc) is 3.92. The molecule has 0 aliphatic heterocycles. The molecule has 0 aliphatic rings. The molecular weight excluding hydrogens is 791 g/mol. The Bertz CT molecular complexity index is 3380. The molecule has 0 spiro atoms. The van der Waals surface area contributed by atoms with Gasteiger partial charge in [0.2, 0.25) is 0 Å². The lowest BCUT2D eigenvalue weighted by Gasteiger charge is -2.10. The fraction of sp³-hybridized carbons (Fsp3) is 0. The zero-order valence-electron chi connectivity index (χ0n) is 33.4. The molecule has 12 rings (SSSR count). The van der Waals surface area contributed by atoms with Gasteiger partial charge in [0, 0.05) is 57.0 Å². The molecule has 0 aliphatic carbocycles. The number of nitrogens with zero attached hydrogens (tertiary/aromatic N) is 3. The second-order valence-electron chi connectivity index (χ2n) is 15.6. The molecule has 3 heterocycles. The number of hydrogen-bond donors (Lipinski definition) is 0. The Balaban J connectivity index is 1.02. The van der Waals surface area contributed by atoms with Crippen LogP contribution in [-0.2, 0) is 0 Å². The van der Waals surface area contributed by atoms with Gasteiger partial charge in [-0.25, -0.2) is 15.0 Å². The maximum absolute atomic E-state index is 5.25. The lowest BCUT2D eigenvalue weighted by Crippen LogP contribution is -2.00. The molecular formula is C57H35N3S2. The van der Waals surface area contributed by atoms with Crippen molar-refractivity contribution in [1.82, 2.24) is 15.0 Å². The van der Waals surface area contributed by atoms with Crippen LogP contribution < -0.4 is 0 Å².